The van der Waals surface area contributed by atoms with Crippen LogP contribution in [-0.2, 0) is 0 Å². The van der Waals surface area contributed by atoms with Gasteiger partial charge in [-0.2, -0.15) is 0 Å². The predicted octanol–water partition coefficient (Wildman–Crippen LogP) is 3.99. The van der Waals surface area contributed by atoms with E-state index in [9.17, 15) is 4.79 Å². The highest BCUT2D eigenvalue weighted by Crippen LogP contribution is 2.25. The maximum absolute atomic E-state index is 12.0. The van der Waals surface area contributed by atoms with Gasteiger partial charge in [0, 0.05) is 5.56 Å². The largest absolute Gasteiger partial charge is 0.397 e. The van der Waals surface area contributed by atoms with Crippen LogP contribution in [0.3, 0.4) is 0 Å². The minimum atomic E-state index is -0.337. The number of anilines is 2. The van der Waals surface area contributed by atoms with Crippen molar-refractivity contribution in [3.63, 3.8) is 0 Å². The lowest BCUT2D eigenvalue weighted by atomic mass is 10.2. The number of rotatable bonds is 2. The molecule has 1 heterocycles. The highest BCUT2D eigenvalue weighted by atomic mass is 79.9. The Labute approximate surface area is 128 Å². The number of pyridine rings is 1. The van der Waals surface area contributed by atoms with Gasteiger partial charge in [-0.25, -0.2) is 4.98 Å². The van der Waals surface area contributed by atoms with Crippen LogP contribution in [0.4, 0.5) is 11.5 Å². The van der Waals surface area contributed by atoms with Crippen molar-refractivity contribution in [1.29, 1.82) is 0 Å². The Hall–Kier alpha value is -1.30. The first-order chi connectivity index (χ1) is 8.97. The number of carbonyl (C=O) groups is 1. The van der Waals surface area contributed by atoms with Crippen molar-refractivity contribution in [2.75, 3.05) is 11.1 Å². The summed E-state index contributed by atoms with van der Waals surface area (Å²) >= 11 is 14.9. The molecule has 4 nitrogen and oxygen atoms in total. The van der Waals surface area contributed by atoms with Crippen LogP contribution in [0.15, 0.2) is 34.9 Å². The smallest absolute Gasteiger partial charge is 0.256 e. The van der Waals surface area contributed by atoms with Crippen LogP contribution in [-0.4, -0.2) is 10.9 Å². The lowest BCUT2D eigenvalue weighted by Gasteiger charge is -2.07. The molecule has 1 aromatic heterocycles. The summed E-state index contributed by atoms with van der Waals surface area (Å²) in [6.07, 6.45) is 1.45. The quantitative estimate of drug-likeness (QED) is 0.850. The van der Waals surface area contributed by atoms with E-state index in [1.807, 2.05) is 0 Å². The SMILES string of the molecule is Nc1cnc(NC(=O)c2ccc(Cl)c(Cl)c2)c(Br)c1. The van der Waals surface area contributed by atoms with Crippen molar-refractivity contribution < 1.29 is 4.79 Å². The van der Waals surface area contributed by atoms with E-state index in [-0.39, 0.29) is 5.91 Å². The molecule has 0 bridgehead atoms. The second-order valence-electron chi connectivity index (χ2n) is 3.68. The lowest BCUT2D eigenvalue weighted by Crippen LogP contribution is -2.13. The molecule has 0 aliphatic carbocycles. The number of aromatic nitrogens is 1. The van der Waals surface area contributed by atoms with Gasteiger partial charge in [-0.05, 0) is 40.2 Å². The van der Waals surface area contributed by atoms with E-state index in [1.54, 1.807) is 18.2 Å². The monoisotopic (exact) mass is 359 g/mol. The molecular formula is C12H8BrCl2N3O. The molecule has 0 spiro atoms. The van der Waals surface area contributed by atoms with Gasteiger partial charge in [-0.15, -0.1) is 0 Å². The van der Waals surface area contributed by atoms with Gasteiger partial charge in [0.15, 0.2) is 0 Å². The van der Waals surface area contributed by atoms with E-state index in [0.717, 1.165) is 0 Å². The molecule has 2 rings (SSSR count). The van der Waals surface area contributed by atoms with Crippen LogP contribution in [0.2, 0.25) is 10.0 Å². The Morgan fingerprint density at radius 2 is 2.00 bits per heavy atom. The Morgan fingerprint density at radius 3 is 2.63 bits per heavy atom. The first-order valence-corrected chi connectivity index (χ1v) is 6.69. The summed E-state index contributed by atoms with van der Waals surface area (Å²) in [6, 6.07) is 6.28. The average molecular weight is 361 g/mol. The number of nitrogens with one attached hydrogen (secondary N) is 1. The molecule has 0 saturated carbocycles. The summed E-state index contributed by atoms with van der Waals surface area (Å²) < 4.78 is 0.598. The second-order valence-corrected chi connectivity index (χ2v) is 5.35. The van der Waals surface area contributed by atoms with E-state index in [2.05, 4.69) is 26.2 Å². The summed E-state index contributed by atoms with van der Waals surface area (Å²) in [6.45, 7) is 0. The van der Waals surface area contributed by atoms with Crippen molar-refractivity contribution >= 4 is 56.5 Å². The Bertz CT molecular complexity index is 649. The fraction of sp³-hybridized carbons (Fsp3) is 0. The number of amides is 1. The molecule has 3 N–H and O–H groups in total. The van der Waals surface area contributed by atoms with Crippen LogP contribution in [0, 0.1) is 0 Å². The highest BCUT2D eigenvalue weighted by molar-refractivity contribution is 9.10. The first kappa shape index (κ1) is 14.1. The van der Waals surface area contributed by atoms with Crippen LogP contribution in [0.5, 0.6) is 0 Å². The normalized spacial score (nSPS) is 10.3. The van der Waals surface area contributed by atoms with Crippen LogP contribution in [0.25, 0.3) is 0 Å². The molecular weight excluding hydrogens is 353 g/mol. The molecule has 19 heavy (non-hydrogen) atoms. The standard InChI is InChI=1S/C12H8BrCl2N3O/c13-8-4-7(16)5-17-11(8)18-12(19)6-1-2-9(14)10(15)3-6/h1-5H,16H2,(H,17,18,19). The molecule has 7 heteroatoms. The lowest BCUT2D eigenvalue weighted by molar-refractivity contribution is 0.102. The van der Waals surface area contributed by atoms with Gasteiger partial charge in [0.1, 0.15) is 5.82 Å². The molecule has 0 aliphatic heterocycles. The van der Waals surface area contributed by atoms with E-state index in [1.165, 1.54) is 12.3 Å². The first-order valence-electron chi connectivity index (χ1n) is 5.15. The summed E-state index contributed by atoms with van der Waals surface area (Å²) in [7, 11) is 0. The van der Waals surface area contributed by atoms with Gasteiger partial charge < -0.3 is 11.1 Å². The Kier molecular flexibility index (Phi) is 4.29. The number of nitrogens with zero attached hydrogens (tertiary/aromatic N) is 1. The third-order valence-electron chi connectivity index (χ3n) is 2.28. The minimum absolute atomic E-state index is 0.318. The van der Waals surface area contributed by atoms with E-state index in [0.29, 0.717) is 31.6 Å². The van der Waals surface area contributed by atoms with Gasteiger partial charge in [0.25, 0.3) is 5.91 Å². The van der Waals surface area contributed by atoms with E-state index < -0.39 is 0 Å². The fourth-order valence-corrected chi connectivity index (χ4v) is 2.13. The fourth-order valence-electron chi connectivity index (χ4n) is 1.36. The number of hydrogen-bond acceptors (Lipinski definition) is 3. The van der Waals surface area contributed by atoms with Crippen LogP contribution >= 0.6 is 39.1 Å². The molecule has 98 valence electrons. The van der Waals surface area contributed by atoms with Crippen LogP contribution in [0.1, 0.15) is 10.4 Å². The maximum Gasteiger partial charge on any atom is 0.256 e. The van der Waals surface area contributed by atoms with Crippen molar-refractivity contribution in [2.45, 2.75) is 0 Å². The molecule has 0 fully saturated rings. The summed E-state index contributed by atoms with van der Waals surface area (Å²) in [4.78, 5) is 16.0. The van der Waals surface area contributed by atoms with Crippen LogP contribution < -0.4 is 11.1 Å². The number of halogens is 3. The van der Waals surface area contributed by atoms with Gasteiger partial charge in [0.05, 0.1) is 26.4 Å². The molecule has 0 radical (unpaired) electrons. The summed E-state index contributed by atoms with van der Waals surface area (Å²) in [5, 5.41) is 3.36. The summed E-state index contributed by atoms with van der Waals surface area (Å²) in [5.41, 5.74) is 6.46. The third-order valence-corrected chi connectivity index (χ3v) is 3.62. The molecule has 1 aromatic carbocycles. The van der Waals surface area contributed by atoms with E-state index >= 15 is 0 Å². The zero-order chi connectivity index (χ0) is 14.0. The minimum Gasteiger partial charge on any atom is -0.397 e. The molecule has 2 aromatic rings. The molecule has 0 aliphatic rings. The summed E-state index contributed by atoms with van der Waals surface area (Å²) in [5.74, 6) is 0.0433. The number of carbonyl (C=O) groups excluding carboxylic acids is 1. The second kappa shape index (κ2) is 5.77. The third kappa shape index (κ3) is 3.37. The maximum atomic E-state index is 12.0. The van der Waals surface area contributed by atoms with Gasteiger partial charge in [-0.3, -0.25) is 4.79 Å². The topological polar surface area (TPSA) is 68.0 Å². The van der Waals surface area contributed by atoms with Crippen molar-refractivity contribution in [3.8, 4) is 0 Å². The zero-order valence-electron chi connectivity index (χ0n) is 9.45. The predicted molar refractivity (Wildman–Crippen MR) is 80.8 cm³/mol. The molecule has 1 amide bonds. The molecule has 0 saturated heterocycles. The molecule has 0 unspecified atom stereocenters. The van der Waals surface area contributed by atoms with Crippen molar-refractivity contribution in [1.82, 2.24) is 4.98 Å². The Morgan fingerprint density at radius 1 is 1.26 bits per heavy atom. The average Bonchev–Trinajstić information content (AvgIpc) is 2.36. The van der Waals surface area contributed by atoms with Gasteiger partial charge in [-0.1, -0.05) is 23.2 Å². The highest BCUT2D eigenvalue weighted by Gasteiger charge is 2.11. The van der Waals surface area contributed by atoms with Crippen molar-refractivity contribution in [3.05, 3.63) is 50.5 Å². The Balaban J connectivity index is 2.23. The van der Waals surface area contributed by atoms with Gasteiger partial charge in [0.2, 0.25) is 0 Å². The van der Waals surface area contributed by atoms with E-state index in [4.69, 9.17) is 28.9 Å². The zero-order valence-corrected chi connectivity index (χ0v) is 12.6. The number of benzene rings is 1. The van der Waals surface area contributed by atoms with Crippen molar-refractivity contribution in [2.24, 2.45) is 0 Å². The number of nitrogens with two attached hydrogens (primary N) is 1. The molecule has 0 atom stereocenters. The number of nitrogen functional groups attached to an aromatic ring is 1. The van der Waals surface area contributed by atoms with Gasteiger partial charge >= 0.3 is 0 Å². The number of hydrogen-bond donors (Lipinski definition) is 2.